The van der Waals surface area contributed by atoms with Gasteiger partial charge in [-0.25, -0.2) is 0 Å². The monoisotopic (exact) mass is 168 g/mol. The largest absolute Gasteiger partial charge is 0.380 e. The molecule has 1 aromatic rings. The van der Waals surface area contributed by atoms with Gasteiger partial charge in [0.05, 0.1) is 0 Å². The lowest BCUT2D eigenvalue weighted by molar-refractivity contribution is 1.14. The Kier molecular flexibility index (Phi) is 2.47. The molecule has 2 N–H and O–H groups in total. The highest BCUT2D eigenvalue weighted by atomic mass is 16.2. The van der Waals surface area contributed by atoms with Gasteiger partial charge in [0, 0.05) is 13.1 Å². The average molecular weight is 168 g/mol. The van der Waals surface area contributed by atoms with Gasteiger partial charge < -0.3 is 10.6 Å². The minimum absolute atomic E-state index is 0.409. The minimum atomic E-state index is -0.409. The van der Waals surface area contributed by atoms with E-state index in [2.05, 4.69) is 10.6 Å². The Morgan fingerprint density at radius 1 is 0.917 bits per heavy atom. The van der Waals surface area contributed by atoms with Crippen LogP contribution in [0.3, 0.4) is 0 Å². The molecule has 12 heavy (non-hydrogen) atoms. The summed E-state index contributed by atoms with van der Waals surface area (Å²) in [4.78, 5) is 21.9. The van der Waals surface area contributed by atoms with Crippen LogP contribution in [0.15, 0.2) is 9.59 Å². The first-order valence-corrected chi connectivity index (χ1v) is 4.03. The zero-order valence-electron chi connectivity index (χ0n) is 7.23. The molecule has 0 spiro atoms. The molecular weight excluding hydrogens is 156 g/mol. The quantitative estimate of drug-likeness (QED) is 0.628. The molecule has 0 aliphatic rings. The van der Waals surface area contributed by atoms with E-state index in [1.165, 1.54) is 0 Å². The molecule has 4 heteroatoms. The van der Waals surface area contributed by atoms with E-state index in [4.69, 9.17) is 0 Å². The number of nitrogens with one attached hydrogen (secondary N) is 2. The van der Waals surface area contributed by atoms with E-state index >= 15 is 0 Å². The van der Waals surface area contributed by atoms with Crippen molar-refractivity contribution >= 4 is 11.4 Å². The Morgan fingerprint density at radius 2 is 1.25 bits per heavy atom. The lowest BCUT2D eigenvalue weighted by Gasteiger charge is -2.11. The van der Waals surface area contributed by atoms with Gasteiger partial charge >= 0.3 is 0 Å². The van der Waals surface area contributed by atoms with Crippen molar-refractivity contribution in [2.45, 2.75) is 13.8 Å². The van der Waals surface area contributed by atoms with E-state index in [0.29, 0.717) is 24.5 Å². The van der Waals surface area contributed by atoms with Crippen molar-refractivity contribution in [1.29, 1.82) is 0 Å². The fraction of sp³-hybridized carbons (Fsp3) is 0.500. The zero-order chi connectivity index (χ0) is 9.14. The zero-order valence-corrected chi connectivity index (χ0v) is 7.23. The van der Waals surface area contributed by atoms with Gasteiger partial charge in [-0.2, -0.15) is 0 Å². The molecule has 0 atom stereocenters. The molecule has 66 valence electrons. The van der Waals surface area contributed by atoms with Gasteiger partial charge in [0.2, 0.25) is 0 Å². The summed E-state index contributed by atoms with van der Waals surface area (Å²) >= 11 is 0. The lowest BCUT2D eigenvalue weighted by Crippen LogP contribution is -2.37. The number of anilines is 2. The second-order valence-electron chi connectivity index (χ2n) is 2.47. The molecule has 0 aliphatic carbocycles. The predicted octanol–water partition coefficient (Wildman–Crippen LogP) is 0.146. The van der Waals surface area contributed by atoms with Crippen molar-refractivity contribution in [3.8, 4) is 0 Å². The summed E-state index contributed by atoms with van der Waals surface area (Å²) in [5.74, 6) is 0. The van der Waals surface area contributed by atoms with E-state index < -0.39 is 10.9 Å². The summed E-state index contributed by atoms with van der Waals surface area (Å²) in [5, 5.41) is 5.69. The Labute approximate surface area is 70.3 Å². The third-order valence-corrected chi connectivity index (χ3v) is 1.62. The molecule has 0 aliphatic heterocycles. The van der Waals surface area contributed by atoms with Crippen LogP contribution in [-0.4, -0.2) is 13.1 Å². The number of rotatable bonds is 4. The van der Waals surface area contributed by atoms with E-state index in [9.17, 15) is 9.59 Å². The summed E-state index contributed by atoms with van der Waals surface area (Å²) < 4.78 is 0. The standard InChI is InChI=1S/C8H12N2O2/c1-3-9-5-6(10-4-2)8(12)7(5)11/h9-10H,3-4H2,1-2H3. The van der Waals surface area contributed by atoms with Crippen molar-refractivity contribution in [1.82, 2.24) is 0 Å². The first-order chi connectivity index (χ1) is 5.72. The van der Waals surface area contributed by atoms with E-state index in [0.717, 1.165) is 0 Å². The minimum Gasteiger partial charge on any atom is -0.380 e. The Bertz CT molecular complexity index is 303. The molecule has 0 fully saturated rings. The summed E-state index contributed by atoms with van der Waals surface area (Å²) in [6.45, 7) is 5.08. The van der Waals surface area contributed by atoms with Crippen molar-refractivity contribution in [2.75, 3.05) is 23.7 Å². The van der Waals surface area contributed by atoms with Gasteiger partial charge in [0.25, 0.3) is 10.9 Å². The van der Waals surface area contributed by atoms with Crippen molar-refractivity contribution < 1.29 is 0 Å². The van der Waals surface area contributed by atoms with E-state index in [1.807, 2.05) is 13.8 Å². The Morgan fingerprint density at radius 3 is 1.50 bits per heavy atom. The smallest absolute Gasteiger partial charge is 0.253 e. The molecule has 0 saturated heterocycles. The SMILES string of the molecule is CCNc1c(NCC)c(=O)c1=O. The van der Waals surface area contributed by atoms with Crippen LogP contribution >= 0.6 is 0 Å². The van der Waals surface area contributed by atoms with Crippen LogP contribution in [0.25, 0.3) is 0 Å². The highest BCUT2D eigenvalue weighted by molar-refractivity contribution is 5.73. The average Bonchev–Trinajstić information content (AvgIpc) is 2.10. The van der Waals surface area contributed by atoms with Crippen LogP contribution in [-0.2, 0) is 0 Å². The Balaban J connectivity index is 2.89. The molecule has 0 amide bonds. The highest BCUT2D eigenvalue weighted by Gasteiger charge is 2.18. The van der Waals surface area contributed by atoms with Gasteiger partial charge in [0.1, 0.15) is 11.4 Å². The van der Waals surface area contributed by atoms with Gasteiger partial charge in [-0.05, 0) is 13.8 Å². The Hall–Kier alpha value is -1.32. The molecule has 0 heterocycles. The molecule has 0 unspecified atom stereocenters. The topological polar surface area (TPSA) is 58.2 Å². The second kappa shape index (κ2) is 3.38. The first-order valence-electron chi connectivity index (χ1n) is 4.03. The molecule has 4 nitrogen and oxygen atoms in total. The summed E-state index contributed by atoms with van der Waals surface area (Å²) in [6.07, 6.45) is 0. The molecular formula is C8H12N2O2. The van der Waals surface area contributed by atoms with Gasteiger partial charge in [-0.3, -0.25) is 9.59 Å². The van der Waals surface area contributed by atoms with Crippen molar-refractivity contribution in [3.05, 3.63) is 20.4 Å². The molecule has 0 bridgehead atoms. The third-order valence-electron chi connectivity index (χ3n) is 1.62. The van der Waals surface area contributed by atoms with Crippen LogP contribution < -0.4 is 21.5 Å². The van der Waals surface area contributed by atoms with Crippen LogP contribution in [0, 0.1) is 0 Å². The number of hydrogen-bond acceptors (Lipinski definition) is 4. The van der Waals surface area contributed by atoms with E-state index in [1.54, 1.807) is 0 Å². The van der Waals surface area contributed by atoms with Crippen molar-refractivity contribution in [2.24, 2.45) is 0 Å². The maximum Gasteiger partial charge on any atom is 0.253 e. The van der Waals surface area contributed by atoms with Gasteiger partial charge in [-0.1, -0.05) is 0 Å². The van der Waals surface area contributed by atoms with Crippen molar-refractivity contribution in [3.63, 3.8) is 0 Å². The normalized spacial score (nSPS) is 10.2. The van der Waals surface area contributed by atoms with Crippen LogP contribution in [0.1, 0.15) is 13.8 Å². The molecule has 0 saturated carbocycles. The predicted molar refractivity (Wildman–Crippen MR) is 49.7 cm³/mol. The molecule has 0 radical (unpaired) electrons. The third kappa shape index (κ3) is 1.20. The van der Waals surface area contributed by atoms with Crippen LogP contribution in [0.2, 0.25) is 0 Å². The van der Waals surface area contributed by atoms with Crippen LogP contribution in [0.5, 0.6) is 0 Å². The maximum atomic E-state index is 10.9. The second-order valence-corrected chi connectivity index (χ2v) is 2.47. The lowest BCUT2D eigenvalue weighted by atomic mass is 10.2. The molecule has 0 aromatic heterocycles. The number of hydrogen-bond donors (Lipinski definition) is 2. The summed E-state index contributed by atoms with van der Waals surface area (Å²) in [5.41, 5.74) is 0.0503. The highest BCUT2D eigenvalue weighted by Crippen LogP contribution is 2.12. The maximum absolute atomic E-state index is 10.9. The summed E-state index contributed by atoms with van der Waals surface area (Å²) in [6, 6.07) is 0. The van der Waals surface area contributed by atoms with Gasteiger partial charge in [0.15, 0.2) is 0 Å². The molecule has 1 rings (SSSR count). The first kappa shape index (κ1) is 8.77. The van der Waals surface area contributed by atoms with Gasteiger partial charge in [-0.15, -0.1) is 0 Å². The van der Waals surface area contributed by atoms with E-state index in [-0.39, 0.29) is 0 Å². The molecule has 1 aromatic carbocycles. The summed E-state index contributed by atoms with van der Waals surface area (Å²) in [7, 11) is 0. The fourth-order valence-corrected chi connectivity index (χ4v) is 1.08. The van der Waals surface area contributed by atoms with Crippen LogP contribution in [0.4, 0.5) is 11.4 Å². The fourth-order valence-electron chi connectivity index (χ4n) is 1.08.